The Hall–Kier alpha value is -2.56. The molecule has 1 aromatic carbocycles. The monoisotopic (exact) mass is 294 g/mol. The van der Waals surface area contributed by atoms with Gasteiger partial charge in [-0.3, -0.25) is 19.3 Å². The van der Waals surface area contributed by atoms with E-state index in [9.17, 15) is 4.79 Å². The van der Waals surface area contributed by atoms with Gasteiger partial charge in [-0.05, 0) is 38.0 Å². The van der Waals surface area contributed by atoms with Crippen molar-refractivity contribution in [1.82, 2.24) is 19.5 Å². The van der Waals surface area contributed by atoms with Gasteiger partial charge in [0.2, 0.25) is 0 Å². The van der Waals surface area contributed by atoms with E-state index in [4.69, 9.17) is 0 Å². The molecule has 0 amide bonds. The van der Waals surface area contributed by atoms with Crippen LogP contribution in [0.1, 0.15) is 29.8 Å². The maximum atomic E-state index is 12.7. The van der Waals surface area contributed by atoms with E-state index >= 15 is 0 Å². The third-order valence-electron chi connectivity index (χ3n) is 4.07. The Kier molecular flexibility index (Phi) is 3.71. The molecule has 1 atom stereocenters. The number of hydrogen-bond acceptors (Lipinski definition) is 4. The molecule has 0 unspecified atom stereocenters. The van der Waals surface area contributed by atoms with Gasteiger partial charge in [0.25, 0.3) is 5.56 Å². The number of nitrogens with zero attached hydrogens (tertiary/aromatic N) is 4. The van der Waals surface area contributed by atoms with Crippen LogP contribution in [0.25, 0.3) is 10.9 Å². The molecule has 2 heterocycles. The Labute approximate surface area is 128 Å². The quantitative estimate of drug-likeness (QED) is 0.745. The lowest BCUT2D eigenvalue weighted by atomic mass is 10.1. The second-order valence-corrected chi connectivity index (χ2v) is 5.61. The van der Waals surface area contributed by atoms with Gasteiger partial charge in [0.05, 0.1) is 22.9 Å². The number of aryl methyl sites for hydroxylation is 2. The Balaban J connectivity index is 2.03. The van der Waals surface area contributed by atoms with Crippen LogP contribution in [-0.4, -0.2) is 19.5 Å². The van der Waals surface area contributed by atoms with E-state index in [2.05, 4.69) is 15.0 Å². The predicted octanol–water partition coefficient (Wildman–Crippen LogP) is 2.61. The molecule has 0 radical (unpaired) electrons. The number of aromatic nitrogens is 4. The van der Waals surface area contributed by atoms with Crippen molar-refractivity contribution in [3.05, 3.63) is 64.2 Å². The van der Waals surface area contributed by atoms with E-state index in [1.807, 2.05) is 32.9 Å². The molecule has 0 saturated carbocycles. The van der Waals surface area contributed by atoms with Crippen molar-refractivity contribution in [2.75, 3.05) is 0 Å². The fraction of sp³-hybridized carbons (Fsp3) is 0.294. The van der Waals surface area contributed by atoms with Gasteiger partial charge >= 0.3 is 0 Å². The largest absolute Gasteiger partial charge is 0.295 e. The summed E-state index contributed by atoms with van der Waals surface area (Å²) in [7, 11) is 0. The highest BCUT2D eigenvalue weighted by molar-refractivity contribution is 5.81. The first kappa shape index (κ1) is 14.4. The molecule has 0 fully saturated rings. The Bertz CT molecular complexity index is 871. The van der Waals surface area contributed by atoms with Crippen LogP contribution in [0.5, 0.6) is 0 Å². The molecule has 112 valence electrons. The lowest BCUT2D eigenvalue weighted by Gasteiger charge is -2.15. The van der Waals surface area contributed by atoms with Gasteiger partial charge in [0.1, 0.15) is 0 Å². The summed E-state index contributed by atoms with van der Waals surface area (Å²) in [5.41, 5.74) is 3.84. The maximum Gasteiger partial charge on any atom is 0.261 e. The van der Waals surface area contributed by atoms with Gasteiger partial charge < -0.3 is 0 Å². The summed E-state index contributed by atoms with van der Waals surface area (Å²) in [5.74, 6) is 0. The molecule has 0 saturated heterocycles. The molecule has 5 heteroatoms. The van der Waals surface area contributed by atoms with E-state index in [0.717, 1.165) is 22.3 Å². The smallest absolute Gasteiger partial charge is 0.261 e. The zero-order valence-corrected chi connectivity index (χ0v) is 12.9. The third-order valence-corrected chi connectivity index (χ3v) is 4.07. The standard InChI is InChI=1S/C17H18N4O/c1-11-4-5-15-16(13(11)3)20-10-21(17(15)22)12(2)8-14-9-18-6-7-19-14/h4-7,9-10,12H,8H2,1-3H3/t12-/m1/s1. The van der Waals surface area contributed by atoms with E-state index in [1.54, 1.807) is 29.5 Å². The van der Waals surface area contributed by atoms with E-state index in [1.165, 1.54) is 0 Å². The van der Waals surface area contributed by atoms with Gasteiger partial charge in [-0.1, -0.05) is 6.07 Å². The van der Waals surface area contributed by atoms with Gasteiger partial charge in [0, 0.05) is 31.1 Å². The van der Waals surface area contributed by atoms with E-state index in [0.29, 0.717) is 11.8 Å². The van der Waals surface area contributed by atoms with Crippen molar-refractivity contribution in [2.45, 2.75) is 33.2 Å². The van der Waals surface area contributed by atoms with Crippen LogP contribution < -0.4 is 5.56 Å². The van der Waals surface area contributed by atoms with Crippen LogP contribution in [0.4, 0.5) is 0 Å². The summed E-state index contributed by atoms with van der Waals surface area (Å²) in [5, 5.41) is 0.664. The molecule has 3 rings (SSSR count). The van der Waals surface area contributed by atoms with Crippen LogP contribution in [0, 0.1) is 13.8 Å². The average molecular weight is 294 g/mol. The molecule has 0 aliphatic carbocycles. The van der Waals surface area contributed by atoms with Crippen molar-refractivity contribution in [2.24, 2.45) is 0 Å². The fourth-order valence-corrected chi connectivity index (χ4v) is 2.60. The molecule has 2 aromatic heterocycles. The van der Waals surface area contributed by atoms with Crippen molar-refractivity contribution in [3.8, 4) is 0 Å². The number of benzene rings is 1. The summed E-state index contributed by atoms with van der Waals surface area (Å²) in [4.78, 5) is 25.5. The highest BCUT2D eigenvalue weighted by Crippen LogP contribution is 2.17. The maximum absolute atomic E-state index is 12.7. The highest BCUT2D eigenvalue weighted by Gasteiger charge is 2.13. The zero-order chi connectivity index (χ0) is 15.7. The number of fused-ring (bicyclic) bond motifs is 1. The van der Waals surface area contributed by atoms with Gasteiger partial charge in [-0.25, -0.2) is 4.98 Å². The first-order chi connectivity index (χ1) is 10.6. The fourth-order valence-electron chi connectivity index (χ4n) is 2.60. The minimum Gasteiger partial charge on any atom is -0.295 e. The second-order valence-electron chi connectivity index (χ2n) is 5.61. The minimum atomic E-state index is -0.0253. The van der Waals surface area contributed by atoms with Crippen molar-refractivity contribution in [3.63, 3.8) is 0 Å². The van der Waals surface area contributed by atoms with Crippen molar-refractivity contribution in [1.29, 1.82) is 0 Å². The first-order valence-corrected chi connectivity index (χ1v) is 7.30. The molecule has 0 bridgehead atoms. The van der Waals surface area contributed by atoms with Crippen LogP contribution in [0.3, 0.4) is 0 Å². The summed E-state index contributed by atoms with van der Waals surface area (Å²) in [6.45, 7) is 6.01. The van der Waals surface area contributed by atoms with Gasteiger partial charge in [-0.15, -0.1) is 0 Å². The van der Waals surface area contributed by atoms with Crippen LogP contribution in [0.2, 0.25) is 0 Å². The van der Waals surface area contributed by atoms with E-state index in [-0.39, 0.29) is 11.6 Å². The first-order valence-electron chi connectivity index (χ1n) is 7.30. The lowest BCUT2D eigenvalue weighted by molar-refractivity contribution is 0.517. The summed E-state index contributed by atoms with van der Waals surface area (Å²) >= 11 is 0. The lowest BCUT2D eigenvalue weighted by Crippen LogP contribution is -2.25. The minimum absolute atomic E-state index is 0.00973. The molecule has 0 aliphatic heterocycles. The molecule has 22 heavy (non-hydrogen) atoms. The summed E-state index contributed by atoms with van der Waals surface area (Å²) < 4.78 is 1.67. The SMILES string of the molecule is Cc1ccc2c(=O)n([C@H](C)Cc3cnccn3)cnc2c1C. The normalized spacial score (nSPS) is 12.5. The number of rotatable bonds is 3. The molecule has 3 aromatic rings. The zero-order valence-electron chi connectivity index (χ0n) is 12.9. The van der Waals surface area contributed by atoms with Crippen molar-refractivity contribution < 1.29 is 0 Å². The second kappa shape index (κ2) is 5.67. The molecule has 5 nitrogen and oxygen atoms in total. The van der Waals surface area contributed by atoms with Crippen LogP contribution in [-0.2, 0) is 6.42 Å². The molecular weight excluding hydrogens is 276 g/mol. The molecule has 0 spiro atoms. The third kappa shape index (κ3) is 2.50. The molecule has 0 N–H and O–H groups in total. The number of hydrogen-bond donors (Lipinski definition) is 0. The topological polar surface area (TPSA) is 60.7 Å². The summed E-state index contributed by atoms with van der Waals surface area (Å²) in [6.07, 6.45) is 7.31. The van der Waals surface area contributed by atoms with Crippen LogP contribution >= 0.6 is 0 Å². The van der Waals surface area contributed by atoms with Crippen molar-refractivity contribution >= 4 is 10.9 Å². The molecular formula is C17H18N4O. The summed E-state index contributed by atoms with van der Waals surface area (Å²) in [6, 6.07) is 3.81. The Morgan fingerprint density at radius 3 is 2.73 bits per heavy atom. The van der Waals surface area contributed by atoms with Crippen LogP contribution in [0.15, 0.2) is 41.8 Å². The van der Waals surface area contributed by atoms with Gasteiger partial charge in [0.15, 0.2) is 0 Å². The van der Waals surface area contributed by atoms with E-state index < -0.39 is 0 Å². The van der Waals surface area contributed by atoms with Gasteiger partial charge in [-0.2, -0.15) is 0 Å². The average Bonchev–Trinajstić information content (AvgIpc) is 2.52. The highest BCUT2D eigenvalue weighted by atomic mass is 16.1. The molecule has 0 aliphatic rings. The predicted molar refractivity (Wildman–Crippen MR) is 85.9 cm³/mol. The Morgan fingerprint density at radius 2 is 2.00 bits per heavy atom. The Morgan fingerprint density at radius 1 is 1.18 bits per heavy atom.